The Morgan fingerprint density at radius 3 is 2.32 bits per heavy atom. The summed E-state index contributed by atoms with van der Waals surface area (Å²) in [4.78, 5) is 29.9. The van der Waals surface area contributed by atoms with Crippen molar-refractivity contribution in [3.05, 3.63) is 71.6 Å². The number of carbonyl (C=O) groups is 2. The van der Waals surface area contributed by atoms with Gasteiger partial charge < -0.3 is 44.6 Å². The van der Waals surface area contributed by atoms with Gasteiger partial charge in [0.25, 0.3) is 0 Å². The van der Waals surface area contributed by atoms with Gasteiger partial charge in [-0.1, -0.05) is 100 Å². The highest BCUT2D eigenvalue weighted by Gasteiger charge is 2.38. The Balaban J connectivity index is 3.75. The number of oxime groups is 1. The van der Waals surface area contributed by atoms with Crippen LogP contribution in [-0.4, -0.2) is 101 Å². The molecule has 12 nitrogen and oxygen atoms in total. The highest BCUT2D eigenvalue weighted by molar-refractivity contribution is 5.96. The first-order valence-corrected chi connectivity index (χ1v) is 18.4. The minimum absolute atomic E-state index is 0.113. The van der Waals surface area contributed by atoms with E-state index < -0.39 is 67.0 Å². The molecule has 0 fully saturated rings. The van der Waals surface area contributed by atoms with Gasteiger partial charge in [-0.2, -0.15) is 0 Å². The Morgan fingerprint density at radius 2 is 1.75 bits per heavy atom. The van der Waals surface area contributed by atoms with E-state index in [0.29, 0.717) is 18.4 Å². The van der Waals surface area contributed by atoms with Crippen LogP contribution in [0.4, 0.5) is 0 Å². The number of ether oxygens (including phenoxy) is 3. The van der Waals surface area contributed by atoms with Crippen LogP contribution in [0.3, 0.4) is 0 Å². The van der Waals surface area contributed by atoms with E-state index >= 15 is 0 Å². The number of carbonyl (C=O) groups excluding carboxylic acids is 1. The molecule has 1 heterocycles. The number of aliphatic hydroxyl groups excluding tert-OH is 4. The highest BCUT2D eigenvalue weighted by atomic mass is 16.6. The third-order valence-corrected chi connectivity index (χ3v) is 9.83. The van der Waals surface area contributed by atoms with Crippen LogP contribution in [0.1, 0.15) is 75.2 Å². The lowest BCUT2D eigenvalue weighted by molar-refractivity contribution is -0.161. The standard InChI is InChI=1S/C41H65NO11/c1-12-15-33(43)26(5)18-19-32(42-52-23-36(44)45)29(8)39(48)30(9)40-34(50-10)17-14-16-24(3)20-27(6)37(46)31(13-2)38(47)28(7)21-25(4)22-35(51-11)41(49)53-40/h12,14-19,21-22,26-31,33-34,37-40,43,46-48H,13,20,23H2,1-11H3,(H,44,45)/b15-12+,17-14-,19-18+,24-16-,25-21-,35-22+,42-32-. The van der Waals surface area contributed by atoms with Crippen molar-refractivity contribution in [3.63, 3.8) is 0 Å². The second-order valence-corrected chi connectivity index (χ2v) is 14.2. The van der Waals surface area contributed by atoms with Crippen LogP contribution in [0.5, 0.6) is 0 Å². The lowest BCUT2D eigenvalue weighted by Gasteiger charge is -2.34. The molecule has 0 aromatic carbocycles. The average Bonchev–Trinajstić information content (AvgIpc) is 3.11. The summed E-state index contributed by atoms with van der Waals surface area (Å²) >= 11 is 0. The molecule has 12 atom stereocenters. The second kappa shape index (κ2) is 24.0. The third-order valence-electron chi connectivity index (χ3n) is 9.83. The number of cyclic esters (lactones) is 1. The van der Waals surface area contributed by atoms with Gasteiger partial charge in [-0.05, 0) is 51.7 Å². The molecule has 300 valence electrons. The first kappa shape index (κ1) is 47.5. The van der Waals surface area contributed by atoms with E-state index in [1.807, 2.05) is 39.8 Å². The van der Waals surface area contributed by atoms with Crippen molar-refractivity contribution in [2.45, 2.75) is 112 Å². The molecule has 0 radical (unpaired) electrons. The van der Waals surface area contributed by atoms with Gasteiger partial charge in [-0.15, -0.1) is 0 Å². The van der Waals surface area contributed by atoms with Crippen molar-refractivity contribution in [1.82, 2.24) is 0 Å². The summed E-state index contributed by atoms with van der Waals surface area (Å²) in [6.45, 7) is 15.7. The lowest BCUT2D eigenvalue weighted by atomic mass is 9.79. The molecule has 0 aromatic rings. The Morgan fingerprint density at radius 1 is 1.09 bits per heavy atom. The van der Waals surface area contributed by atoms with Crippen molar-refractivity contribution in [2.75, 3.05) is 20.8 Å². The molecule has 0 aromatic heterocycles. The van der Waals surface area contributed by atoms with Crippen molar-refractivity contribution in [2.24, 2.45) is 40.7 Å². The van der Waals surface area contributed by atoms with Gasteiger partial charge in [0.05, 0.1) is 37.2 Å². The molecule has 1 rings (SSSR count). The molecule has 12 heteroatoms. The van der Waals surface area contributed by atoms with E-state index in [1.165, 1.54) is 20.3 Å². The molecule has 5 N–H and O–H groups in total. The van der Waals surface area contributed by atoms with Gasteiger partial charge in [-0.25, -0.2) is 9.59 Å². The van der Waals surface area contributed by atoms with Crippen LogP contribution in [-0.2, 0) is 28.6 Å². The topological polar surface area (TPSA) is 185 Å². The largest absolute Gasteiger partial charge is 0.490 e. The Labute approximate surface area is 316 Å². The molecule has 0 bridgehead atoms. The van der Waals surface area contributed by atoms with Crippen LogP contribution in [0, 0.1) is 35.5 Å². The van der Waals surface area contributed by atoms with Crippen LogP contribution >= 0.6 is 0 Å². The zero-order chi connectivity index (χ0) is 40.4. The highest BCUT2D eigenvalue weighted by Crippen LogP contribution is 2.30. The fourth-order valence-electron chi connectivity index (χ4n) is 6.46. The van der Waals surface area contributed by atoms with Gasteiger partial charge in [-0.3, -0.25) is 0 Å². The minimum Gasteiger partial charge on any atom is -0.490 e. The molecule has 0 aliphatic carbocycles. The summed E-state index contributed by atoms with van der Waals surface area (Å²) in [5.74, 6) is -4.93. The molecule has 0 saturated carbocycles. The summed E-state index contributed by atoms with van der Waals surface area (Å²) in [6.07, 6.45) is 11.0. The first-order valence-electron chi connectivity index (χ1n) is 18.4. The van der Waals surface area contributed by atoms with E-state index in [0.717, 1.165) is 5.57 Å². The number of allylic oxidation sites excluding steroid dienone is 7. The van der Waals surface area contributed by atoms with Gasteiger partial charge in [0.15, 0.2) is 0 Å². The molecule has 0 spiro atoms. The van der Waals surface area contributed by atoms with Gasteiger partial charge >= 0.3 is 11.9 Å². The quantitative estimate of drug-likeness (QED) is 0.0651. The van der Waals surface area contributed by atoms with Crippen LogP contribution in [0.25, 0.3) is 0 Å². The molecule has 0 amide bonds. The summed E-state index contributed by atoms with van der Waals surface area (Å²) in [6, 6.07) is 0. The van der Waals surface area contributed by atoms with E-state index in [9.17, 15) is 30.0 Å². The first-order chi connectivity index (χ1) is 24.9. The van der Waals surface area contributed by atoms with Crippen molar-refractivity contribution in [3.8, 4) is 0 Å². The number of methoxy groups -OCH3 is 2. The monoisotopic (exact) mass is 747 g/mol. The lowest BCUT2D eigenvalue weighted by Crippen LogP contribution is -2.45. The summed E-state index contributed by atoms with van der Waals surface area (Å²) < 4.78 is 17.4. The summed E-state index contributed by atoms with van der Waals surface area (Å²) in [7, 11) is 2.80. The van der Waals surface area contributed by atoms with Crippen molar-refractivity contribution in [1.29, 1.82) is 0 Å². The Bertz CT molecular complexity index is 1360. The average molecular weight is 748 g/mol. The van der Waals surface area contributed by atoms with Crippen molar-refractivity contribution >= 4 is 17.7 Å². The van der Waals surface area contributed by atoms with E-state index in [4.69, 9.17) is 24.2 Å². The fraction of sp³-hybridized carbons (Fsp3) is 0.634. The third kappa shape index (κ3) is 15.4. The maximum absolute atomic E-state index is 13.7. The predicted molar refractivity (Wildman–Crippen MR) is 206 cm³/mol. The number of hydrogen-bond donors (Lipinski definition) is 5. The SMILES string of the molecule is C/C=C/C(O)C(C)/C=C/C(=N/OCC(=O)O)C(C)C(O)C(C)C1OC(=O)/C(OC)=C\C(C)=C/C(C)C(O)C(CC)C(O)C(C)C/C(C)=C\C=C/C1OC. The number of carboxylic acids is 1. The minimum atomic E-state index is -1.23. The maximum Gasteiger partial charge on any atom is 0.373 e. The summed E-state index contributed by atoms with van der Waals surface area (Å²) in [5, 5.41) is 57.9. The fourth-order valence-corrected chi connectivity index (χ4v) is 6.46. The van der Waals surface area contributed by atoms with E-state index in [2.05, 4.69) is 5.16 Å². The van der Waals surface area contributed by atoms with Gasteiger partial charge in [0.1, 0.15) is 12.2 Å². The predicted octanol–water partition coefficient (Wildman–Crippen LogP) is 5.54. The van der Waals surface area contributed by atoms with Crippen molar-refractivity contribution < 1.29 is 54.2 Å². The maximum atomic E-state index is 13.7. The van der Waals surface area contributed by atoms with Crippen LogP contribution in [0.15, 0.2) is 76.7 Å². The molecule has 0 saturated heterocycles. The molecule has 1 aliphatic rings. The number of aliphatic hydroxyl groups is 4. The molecular formula is C41H65NO11. The Kier molecular flexibility index (Phi) is 21.5. The smallest absolute Gasteiger partial charge is 0.373 e. The summed E-state index contributed by atoms with van der Waals surface area (Å²) in [5.41, 5.74) is 1.81. The van der Waals surface area contributed by atoms with Gasteiger partial charge in [0, 0.05) is 36.7 Å². The normalized spacial score (nSPS) is 32.4. The molecule has 12 unspecified atom stereocenters. The number of aliphatic carboxylic acids is 1. The number of rotatable bonds is 14. The number of esters is 1. The molecule has 53 heavy (non-hydrogen) atoms. The molecule has 1 aliphatic heterocycles. The zero-order valence-electron chi connectivity index (χ0n) is 33.4. The van der Waals surface area contributed by atoms with Crippen LogP contribution in [0.2, 0.25) is 0 Å². The van der Waals surface area contributed by atoms with Gasteiger partial charge in [0.2, 0.25) is 12.4 Å². The number of nitrogens with zero attached hydrogens (tertiary/aromatic N) is 1. The van der Waals surface area contributed by atoms with E-state index in [-0.39, 0.29) is 35.1 Å². The van der Waals surface area contributed by atoms with Crippen LogP contribution < -0.4 is 0 Å². The van der Waals surface area contributed by atoms with E-state index in [1.54, 1.807) is 71.1 Å². The Hall–Kier alpha value is -3.55. The zero-order valence-corrected chi connectivity index (χ0v) is 33.4. The molecular weight excluding hydrogens is 682 g/mol. The number of hydrogen-bond acceptors (Lipinski definition) is 11. The second-order valence-electron chi connectivity index (χ2n) is 14.2. The number of carboxylic acid groups (broad SMARTS) is 1.